The lowest BCUT2D eigenvalue weighted by Crippen LogP contribution is -2.30. The van der Waals surface area contributed by atoms with Crippen molar-refractivity contribution in [3.8, 4) is 5.75 Å². The second-order valence-corrected chi connectivity index (χ2v) is 4.43. The molecule has 1 aromatic carbocycles. The van der Waals surface area contributed by atoms with E-state index in [1.165, 1.54) is 0 Å². The molecule has 1 aliphatic rings. The number of aliphatic hydroxyl groups excluding tert-OH is 1. The van der Waals surface area contributed by atoms with Gasteiger partial charge in [0, 0.05) is 0 Å². The molecule has 1 amide bonds. The first-order chi connectivity index (χ1) is 8.08. The van der Waals surface area contributed by atoms with Crippen molar-refractivity contribution >= 4 is 5.91 Å². The topological polar surface area (TPSA) is 72.6 Å². The maximum Gasteiger partial charge on any atom is 0.258 e. The van der Waals surface area contributed by atoms with Crippen molar-refractivity contribution in [3.63, 3.8) is 0 Å². The summed E-state index contributed by atoms with van der Waals surface area (Å²) in [6.07, 6.45) is 1.69. The molecule has 1 aromatic rings. The van der Waals surface area contributed by atoms with E-state index in [2.05, 4.69) is 0 Å². The first kappa shape index (κ1) is 11.9. The average molecular weight is 235 g/mol. The second-order valence-electron chi connectivity index (χ2n) is 4.43. The average Bonchev–Trinajstić information content (AvgIpc) is 2.30. The molecule has 0 radical (unpaired) electrons. The summed E-state index contributed by atoms with van der Waals surface area (Å²) in [5.74, 6) is 0.0827. The highest BCUT2D eigenvalue weighted by atomic mass is 16.5. The monoisotopic (exact) mass is 235 g/mol. The van der Waals surface area contributed by atoms with E-state index in [4.69, 9.17) is 10.5 Å². The van der Waals surface area contributed by atoms with Crippen LogP contribution in [0.3, 0.4) is 0 Å². The summed E-state index contributed by atoms with van der Waals surface area (Å²) in [6, 6.07) is 5.57. The van der Waals surface area contributed by atoms with Gasteiger partial charge in [-0.1, -0.05) is 6.07 Å². The van der Waals surface area contributed by atoms with Crippen LogP contribution >= 0.6 is 0 Å². The zero-order valence-corrected chi connectivity index (χ0v) is 9.85. The van der Waals surface area contributed by atoms with E-state index in [-0.39, 0.29) is 0 Å². The molecule has 2 atom stereocenters. The van der Waals surface area contributed by atoms with Crippen molar-refractivity contribution in [2.75, 3.05) is 0 Å². The van der Waals surface area contributed by atoms with Crippen LogP contribution in [0.5, 0.6) is 5.75 Å². The van der Waals surface area contributed by atoms with Gasteiger partial charge in [-0.2, -0.15) is 0 Å². The Hall–Kier alpha value is -1.55. The van der Waals surface area contributed by atoms with Crippen molar-refractivity contribution in [1.82, 2.24) is 0 Å². The van der Waals surface area contributed by atoms with Crippen molar-refractivity contribution in [2.45, 2.75) is 38.4 Å². The number of hydrogen-bond acceptors (Lipinski definition) is 3. The van der Waals surface area contributed by atoms with Gasteiger partial charge in [0.1, 0.15) is 5.75 Å². The number of ether oxygens (including phenoxy) is 1. The third kappa shape index (κ3) is 2.58. The van der Waals surface area contributed by atoms with Gasteiger partial charge >= 0.3 is 0 Å². The Bertz CT molecular complexity index is 431. The smallest absolute Gasteiger partial charge is 0.258 e. The fourth-order valence-corrected chi connectivity index (χ4v) is 2.09. The van der Waals surface area contributed by atoms with E-state index in [9.17, 15) is 9.90 Å². The summed E-state index contributed by atoms with van der Waals surface area (Å²) in [6.45, 7) is 1.61. The van der Waals surface area contributed by atoms with Crippen LogP contribution in [-0.4, -0.2) is 17.1 Å². The predicted molar refractivity (Wildman–Crippen MR) is 63.6 cm³/mol. The second kappa shape index (κ2) is 4.75. The van der Waals surface area contributed by atoms with Crippen LogP contribution in [0.1, 0.15) is 37.0 Å². The Kier molecular flexibility index (Phi) is 3.33. The summed E-state index contributed by atoms with van der Waals surface area (Å²) < 4.78 is 5.40. The Balaban J connectivity index is 2.20. The highest BCUT2D eigenvalue weighted by Crippen LogP contribution is 2.32. The molecular weight excluding hydrogens is 218 g/mol. The molecule has 17 heavy (non-hydrogen) atoms. The number of aliphatic hydroxyl groups is 1. The summed E-state index contributed by atoms with van der Waals surface area (Å²) >= 11 is 0. The molecule has 1 unspecified atom stereocenters. The van der Waals surface area contributed by atoms with Crippen molar-refractivity contribution in [2.24, 2.45) is 5.73 Å². The Morgan fingerprint density at radius 3 is 3.06 bits per heavy atom. The molecule has 92 valence electrons. The first-order valence-electron chi connectivity index (χ1n) is 5.85. The number of carbonyl (C=O) groups is 1. The zero-order chi connectivity index (χ0) is 12.4. The van der Waals surface area contributed by atoms with Crippen LogP contribution in [-0.2, 0) is 11.2 Å². The van der Waals surface area contributed by atoms with Gasteiger partial charge in [0.25, 0.3) is 5.91 Å². The molecule has 0 saturated heterocycles. The van der Waals surface area contributed by atoms with Gasteiger partial charge in [0.15, 0.2) is 6.10 Å². The number of benzene rings is 1. The van der Waals surface area contributed by atoms with E-state index in [0.717, 1.165) is 30.4 Å². The quantitative estimate of drug-likeness (QED) is 0.829. The number of primary amides is 1. The van der Waals surface area contributed by atoms with Crippen molar-refractivity contribution in [1.29, 1.82) is 0 Å². The highest BCUT2D eigenvalue weighted by Gasteiger charge is 2.19. The van der Waals surface area contributed by atoms with E-state index in [1.54, 1.807) is 13.0 Å². The molecule has 0 spiro atoms. The maximum absolute atomic E-state index is 10.9. The van der Waals surface area contributed by atoms with Crippen LogP contribution in [0.25, 0.3) is 0 Å². The lowest BCUT2D eigenvalue weighted by molar-refractivity contribution is -0.123. The fraction of sp³-hybridized carbons (Fsp3) is 0.462. The first-order valence-corrected chi connectivity index (χ1v) is 5.85. The molecule has 0 saturated carbocycles. The Labute approximate surface area is 100 Å². The predicted octanol–water partition coefficient (Wildman–Crippen LogP) is 1.31. The molecule has 3 N–H and O–H groups in total. The number of rotatable bonds is 3. The van der Waals surface area contributed by atoms with Crippen LogP contribution in [0.15, 0.2) is 18.2 Å². The minimum absolute atomic E-state index is 0.425. The molecule has 1 aliphatic carbocycles. The standard InChI is InChI=1S/C13H17NO3/c1-8(13(14)16)17-10-6-5-9-3-2-4-12(15)11(9)7-10/h5-8,12,15H,2-4H2,1H3,(H2,14,16)/t8?,12-/m0/s1. The molecule has 0 fully saturated rings. The number of amides is 1. The highest BCUT2D eigenvalue weighted by molar-refractivity contribution is 5.78. The van der Waals surface area contributed by atoms with Crippen LogP contribution < -0.4 is 10.5 Å². The van der Waals surface area contributed by atoms with E-state index < -0.39 is 18.1 Å². The summed E-state index contributed by atoms with van der Waals surface area (Å²) in [5.41, 5.74) is 7.20. The van der Waals surface area contributed by atoms with Crippen LogP contribution in [0.2, 0.25) is 0 Å². The van der Waals surface area contributed by atoms with Crippen LogP contribution in [0.4, 0.5) is 0 Å². The zero-order valence-electron chi connectivity index (χ0n) is 9.85. The third-order valence-electron chi connectivity index (χ3n) is 3.11. The molecule has 0 aromatic heterocycles. The summed E-state index contributed by atoms with van der Waals surface area (Å²) in [5, 5.41) is 9.88. The Morgan fingerprint density at radius 2 is 2.35 bits per heavy atom. The molecule has 2 rings (SSSR count). The van der Waals surface area contributed by atoms with E-state index in [1.807, 2.05) is 12.1 Å². The van der Waals surface area contributed by atoms with Gasteiger partial charge < -0.3 is 15.6 Å². The van der Waals surface area contributed by atoms with Gasteiger partial charge in [0.05, 0.1) is 6.10 Å². The van der Waals surface area contributed by atoms with Gasteiger partial charge in [-0.15, -0.1) is 0 Å². The van der Waals surface area contributed by atoms with Gasteiger partial charge in [-0.05, 0) is 49.4 Å². The lowest BCUT2D eigenvalue weighted by Gasteiger charge is -2.22. The SMILES string of the molecule is CC(Oc1ccc2c(c1)[C@@H](O)CCC2)C(N)=O. The van der Waals surface area contributed by atoms with E-state index in [0.29, 0.717) is 5.75 Å². The molecule has 4 heteroatoms. The number of hydrogen-bond donors (Lipinski definition) is 2. The Morgan fingerprint density at radius 1 is 1.59 bits per heavy atom. The molecule has 0 bridgehead atoms. The third-order valence-corrected chi connectivity index (χ3v) is 3.11. The normalized spacial score (nSPS) is 20.5. The summed E-state index contributed by atoms with van der Waals surface area (Å²) in [7, 11) is 0. The number of carbonyl (C=O) groups excluding carboxylic acids is 1. The molecular formula is C13H17NO3. The lowest BCUT2D eigenvalue weighted by atomic mass is 9.89. The van der Waals surface area contributed by atoms with Gasteiger partial charge in [-0.3, -0.25) is 4.79 Å². The molecule has 0 heterocycles. The fourth-order valence-electron chi connectivity index (χ4n) is 2.09. The van der Waals surface area contributed by atoms with Gasteiger partial charge in [-0.25, -0.2) is 0 Å². The minimum Gasteiger partial charge on any atom is -0.481 e. The minimum atomic E-state index is -0.659. The van der Waals surface area contributed by atoms with Gasteiger partial charge in [0.2, 0.25) is 0 Å². The van der Waals surface area contributed by atoms with E-state index >= 15 is 0 Å². The number of aryl methyl sites for hydroxylation is 1. The maximum atomic E-state index is 10.9. The number of nitrogens with two attached hydrogens (primary N) is 1. The van der Waals surface area contributed by atoms with Crippen molar-refractivity contribution in [3.05, 3.63) is 29.3 Å². The van der Waals surface area contributed by atoms with Crippen molar-refractivity contribution < 1.29 is 14.6 Å². The van der Waals surface area contributed by atoms with Crippen LogP contribution in [0, 0.1) is 0 Å². The molecule has 0 aliphatic heterocycles. The summed E-state index contributed by atoms with van der Waals surface area (Å²) in [4.78, 5) is 10.9. The largest absolute Gasteiger partial charge is 0.481 e. The number of fused-ring (bicyclic) bond motifs is 1. The molecule has 4 nitrogen and oxygen atoms in total.